The van der Waals surface area contributed by atoms with Crippen LogP contribution in [0, 0.1) is 0 Å². The van der Waals surface area contributed by atoms with Gasteiger partial charge in [-0.1, -0.05) is 0 Å². The largest absolute Gasteiger partial charge is 0.508 e. The summed E-state index contributed by atoms with van der Waals surface area (Å²) in [5.74, 6) is -0.194. The molecule has 0 spiro atoms. The van der Waals surface area contributed by atoms with Gasteiger partial charge in [0, 0.05) is 24.3 Å². The number of ether oxygens (including phenoxy) is 2. The lowest BCUT2D eigenvalue weighted by Gasteiger charge is -2.02. The van der Waals surface area contributed by atoms with E-state index in [0.29, 0.717) is 35.9 Å². The van der Waals surface area contributed by atoms with Crippen molar-refractivity contribution in [2.24, 2.45) is 0 Å². The molecule has 0 aromatic heterocycles. The lowest BCUT2D eigenvalue weighted by Crippen LogP contribution is -1.88. The first-order valence-electron chi connectivity index (χ1n) is 9.05. The van der Waals surface area contributed by atoms with Crippen molar-refractivity contribution in [2.45, 2.75) is 0 Å². The Labute approximate surface area is 188 Å². The highest BCUT2D eigenvalue weighted by Crippen LogP contribution is 2.30. The first-order chi connectivity index (χ1) is 15.7. The smallest absolute Gasteiger partial charge is 0.157 e. The van der Waals surface area contributed by atoms with Crippen LogP contribution in [0.2, 0.25) is 0 Å². The monoisotopic (exact) mass is 458 g/mol. The summed E-state index contributed by atoms with van der Waals surface area (Å²) >= 11 is 0. The van der Waals surface area contributed by atoms with Crippen molar-refractivity contribution in [2.75, 3.05) is 14.2 Å². The van der Waals surface area contributed by atoms with Crippen LogP contribution in [0.1, 0.15) is 31.1 Å². The van der Waals surface area contributed by atoms with Gasteiger partial charge in [-0.3, -0.25) is 14.4 Å². The minimum Gasteiger partial charge on any atom is -0.508 e. The van der Waals surface area contributed by atoms with E-state index in [1.165, 1.54) is 44.6 Å². The van der Waals surface area contributed by atoms with Gasteiger partial charge >= 0.3 is 0 Å². The van der Waals surface area contributed by atoms with Crippen LogP contribution in [0.15, 0.2) is 48.5 Å². The molecule has 5 N–H and O–H groups in total. The van der Waals surface area contributed by atoms with Crippen molar-refractivity contribution in [3.63, 3.8) is 0 Å². The number of benzene rings is 3. The number of phenolic OH excluding ortho intramolecular Hbond substituents is 5. The normalized spacial score (nSPS) is 9.27. The summed E-state index contributed by atoms with van der Waals surface area (Å²) < 4.78 is 9.64. The predicted molar refractivity (Wildman–Crippen MR) is 117 cm³/mol. The Hall–Kier alpha value is -4.73. The second kappa shape index (κ2) is 12.8. The van der Waals surface area contributed by atoms with Gasteiger partial charge in [0.25, 0.3) is 0 Å². The first-order valence-corrected chi connectivity index (χ1v) is 9.05. The third-order valence-electron chi connectivity index (χ3n) is 3.95. The van der Waals surface area contributed by atoms with Crippen molar-refractivity contribution in [3.05, 3.63) is 65.2 Å². The van der Waals surface area contributed by atoms with Crippen LogP contribution in [-0.2, 0) is 0 Å². The van der Waals surface area contributed by atoms with E-state index >= 15 is 0 Å². The average Bonchev–Trinajstić information content (AvgIpc) is 2.79. The van der Waals surface area contributed by atoms with E-state index in [-0.39, 0.29) is 28.4 Å². The van der Waals surface area contributed by atoms with E-state index < -0.39 is 11.5 Å². The Morgan fingerprint density at radius 2 is 1.18 bits per heavy atom. The number of phenols is 5. The third kappa shape index (κ3) is 7.79. The van der Waals surface area contributed by atoms with Crippen LogP contribution < -0.4 is 9.47 Å². The summed E-state index contributed by atoms with van der Waals surface area (Å²) in [7, 11) is 2.94. The molecule has 3 aromatic carbocycles. The van der Waals surface area contributed by atoms with Gasteiger partial charge in [0.2, 0.25) is 0 Å². The summed E-state index contributed by atoms with van der Waals surface area (Å²) in [6, 6.07) is 10.8. The number of hydrogen-bond acceptors (Lipinski definition) is 10. The molecule has 0 aliphatic carbocycles. The molecule has 0 saturated heterocycles. The van der Waals surface area contributed by atoms with Crippen molar-refractivity contribution in [3.8, 4) is 40.2 Å². The van der Waals surface area contributed by atoms with E-state index in [0.717, 1.165) is 12.1 Å². The maximum atomic E-state index is 10.3. The number of rotatable bonds is 5. The summed E-state index contributed by atoms with van der Waals surface area (Å²) in [5.41, 5.74) is 0.485. The highest BCUT2D eigenvalue weighted by Gasteiger charge is 2.07. The fraction of sp³-hybridized carbons (Fsp3) is 0.0870. The average molecular weight is 458 g/mol. The van der Waals surface area contributed by atoms with E-state index in [9.17, 15) is 14.4 Å². The van der Waals surface area contributed by atoms with Crippen LogP contribution >= 0.6 is 0 Å². The van der Waals surface area contributed by atoms with Gasteiger partial charge in [0.15, 0.2) is 18.9 Å². The zero-order chi connectivity index (χ0) is 25.0. The predicted octanol–water partition coefficient (Wildman–Crippen LogP) is 3.04. The number of aldehydes is 3. The fourth-order valence-corrected chi connectivity index (χ4v) is 2.28. The summed E-state index contributed by atoms with van der Waals surface area (Å²) in [5, 5.41) is 44.7. The Balaban J connectivity index is 0.000000247. The molecule has 0 heterocycles. The maximum Gasteiger partial charge on any atom is 0.157 e. The van der Waals surface area contributed by atoms with Crippen molar-refractivity contribution >= 4 is 18.9 Å². The van der Waals surface area contributed by atoms with Gasteiger partial charge in [-0.2, -0.15) is 0 Å². The Morgan fingerprint density at radius 3 is 1.64 bits per heavy atom. The van der Waals surface area contributed by atoms with Crippen molar-refractivity contribution in [1.29, 1.82) is 0 Å². The molecule has 0 radical (unpaired) electrons. The van der Waals surface area contributed by atoms with E-state index in [1.807, 2.05) is 0 Å². The topological polar surface area (TPSA) is 171 Å². The Morgan fingerprint density at radius 1 is 0.606 bits per heavy atom. The number of aromatic hydroxyl groups is 5. The Kier molecular flexibility index (Phi) is 10.2. The lowest BCUT2D eigenvalue weighted by atomic mass is 10.2. The van der Waals surface area contributed by atoms with Gasteiger partial charge in [-0.25, -0.2) is 0 Å². The van der Waals surface area contributed by atoms with Crippen LogP contribution in [-0.4, -0.2) is 58.6 Å². The standard InChI is InChI=1S/2C8H8O3.C7H6O4/c1-11-7-3-2-6(5-9)8(10)4-7;1-11-8-4-7(10)3-2-6(8)5-9;8-3-5-6(10)1-4(9)2-7(5)11/h2*2-5,10H,1H3;1-3,9-11H. The molecule has 33 heavy (non-hydrogen) atoms. The molecule has 0 aliphatic rings. The molecule has 0 saturated carbocycles. The van der Waals surface area contributed by atoms with E-state index in [4.69, 9.17) is 35.0 Å². The SMILES string of the molecule is COc1cc(O)ccc1C=O.COc1ccc(C=O)c(O)c1.O=Cc1c(O)cc(O)cc1O. The molecule has 10 heteroatoms. The van der Waals surface area contributed by atoms with E-state index in [1.54, 1.807) is 6.07 Å². The maximum absolute atomic E-state index is 10.3. The number of methoxy groups -OCH3 is 2. The molecule has 3 aromatic rings. The molecule has 10 nitrogen and oxygen atoms in total. The zero-order valence-electron chi connectivity index (χ0n) is 17.6. The molecular weight excluding hydrogens is 436 g/mol. The third-order valence-corrected chi connectivity index (χ3v) is 3.95. The van der Waals surface area contributed by atoms with Crippen LogP contribution in [0.5, 0.6) is 40.2 Å². The second-order valence-electron chi connectivity index (χ2n) is 6.10. The highest BCUT2D eigenvalue weighted by atomic mass is 16.5. The molecule has 0 fully saturated rings. The quantitative estimate of drug-likeness (QED) is 0.358. The van der Waals surface area contributed by atoms with Gasteiger partial charge < -0.3 is 35.0 Å². The Bertz CT molecular complexity index is 1090. The van der Waals surface area contributed by atoms with Gasteiger partial charge in [0.1, 0.15) is 40.2 Å². The molecule has 0 unspecified atom stereocenters. The van der Waals surface area contributed by atoms with Crippen LogP contribution in [0.25, 0.3) is 0 Å². The number of carbonyl (C=O) groups excluding carboxylic acids is 3. The summed E-state index contributed by atoms with van der Waals surface area (Å²) in [6.45, 7) is 0. The molecule has 0 bridgehead atoms. The first kappa shape index (κ1) is 26.3. The number of carbonyl (C=O) groups is 3. The van der Waals surface area contributed by atoms with Gasteiger partial charge in [-0.15, -0.1) is 0 Å². The summed E-state index contributed by atoms with van der Waals surface area (Å²) in [4.78, 5) is 30.7. The molecule has 0 atom stereocenters. The molecule has 0 aliphatic heterocycles. The minimum atomic E-state index is -0.433. The zero-order valence-corrected chi connectivity index (χ0v) is 17.6. The fourth-order valence-electron chi connectivity index (χ4n) is 2.28. The van der Waals surface area contributed by atoms with Gasteiger partial charge in [-0.05, 0) is 24.3 Å². The lowest BCUT2D eigenvalue weighted by molar-refractivity contribution is 0.111. The highest BCUT2D eigenvalue weighted by molar-refractivity contribution is 5.83. The van der Waals surface area contributed by atoms with Crippen LogP contribution in [0.3, 0.4) is 0 Å². The second-order valence-corrected chi connectivity index (χ2v) is 6.10. The molecule has 0 amide bonds. The number of hydrogen-bond donors (Lipinski definition) is 5. The minimum absolute atomic E-state index is 0.0562. The summed E-state index contributed by atoms with van der Waals surface area (Å²) in [6.07, 6.45) is 1.58. The van der Waals surface area contributed by atoms with Gasteiger partial charge in [0.05, 0.1) is 30.9 Å². The van der Waals surface area contributed by atoms with Crippen molar-refractivity contribution in [1.82, 2.24) is 0 Å². The van der Waals surface area contributed by atoms with Crippen LogP contribution in [0.4, 0.5) is 0 Å². The van der Waals surface area contributed by atoms with Crippen molar-refractivity contribution < 1.29 is 49.4 Å². The molecular formula is C23H22O10. The molecule has 3 rings (SSSR count). The molecule has 174 valence electrons. The van der Waals surface area contributed by atoms with E-state index in [2.05, 4.69) is 0 Å².